The number of aryl methyl sites for hydroxylation is 1. The maximum absolute atomic E-state index is 12.3. The van der Waals surface area contributed by atoms with E-state index in [0.29, 0.717) is 11.7 Å². The normalized spacial score (nSPS) is 26.2. The van der Waals surface area contributed by atoms with Gasteiger partial charge in [0.1, 0.15) is 5.82 Å². The summed E-state index contributed by atoms with van der Waals surface area (Å²) in [4.78, 5) is 16.8. The van der Waals surface area contributed by atoms with E-state index in [2.05, 4.69) is 17.2 Å². The number of carbonyl (C=O) groups is 1. The molecule has 1 fully saturated rings. The Morgan fingerprint density at radius 3 is 2.78 bits per heavy atom. The van der Waals surface area contributed by atoms with Crippen molar-refractivity contribution < 1.29 is 4.79 Å². The molecule has 0 unspecified atom stereocenters. The second kappa shape index (κ2) is 4.65. The average molecular weight is 263 g/mol. The lowest BCUT2D eigenvalue weighted by molar-refractivity contribution is -0.127. The van der Waals surface area contributed by atoms with Gasteiger partial charge in [-0.1, -0.05) is 25.2 Å². The van der Waals surface area contributed by atoms with E-state index in [1.54, 1.807) is 6.20 Å². The minimum absolute atomic E-state index is 0.130. The number of thiocarbonyl (C=S) groups is 1. The molecule has 0 saturated heterocycles. The number of hydrogen-bond donors (Lipinski definition) is 2. The Bertz CT molecular complexity index is 495. The fraction of sp³-hybridized carbons (Fsp3) is 0.462. The Hall–Kier alpha value is -1.49. The zero-order valence-electron chi connectivity index (χ0n) is 10.6. The summed E-state index contributed by atoms with van der Waals surface area (Å²) in [7, 11) is 0. The van der Waals surface area contributed by atoms with E-state index in [9.17, 15) is 4.79 Å². The molecule has 18 heavy (non-hydrogen) atoms. The lowest BCUT2D eigenvalue weighted by Gasteiger charge is -2.43. The molecule has 4 nitrogen and oxygen atoms in total. The van der Waals surface area contributed by atoms with Gasteiger partial charge in [-0.2, -0.15) is 0 Å². The lowest BCUT2D eigenvalue weighted by Crippen LogP contribution is -2.54. The van der Waals surface area contributed by atoms with Crippen LogP contribution in [0.25, 0.3) is 0 Å². The van der Waals surface area contributed by atoms with Crippen LogP contribution in [0.1, 0.15) is 25.3 Å². The molecule has 1 aromatic rings. The van der Waals surface area contributed by atoms with Gasteiger partial charge in [-0.3, -0.25) is 4.79 Å². The quantitative estimate of drug-likeness (QED) is 0.819. The van der Waals surface area contributed by atoms with Crippen molar-refractivity contribution in [1.82, 2.24) is 4.98 Å². The molecule has 3 N–H and O–H groups in total. The van der Waals surface area contributed by atoms with Crippen LogP contribution in [-0.2, 0) is 4.79 Å². The smallest absolute Gasteiger partial charge is 0.238 e. The van der Waals surface area contributed by atoms with Crippen LogP contribution in [0.2, 0.25) is 0 Å². The van der Waals surface area contributed by atoms with Crippen LogP contribution in [0.15, 0.2) is 18.3 Å². The Balaban J connectivity index is 2.17. The van der Waals surface area contributed by atoms with E-state index in [1.807, 2.05) is 19.1 Å². The number of amides is 1. The minimum Gasteiger partial charge on any atom is -0.392 e. The van der Waals surface area contributed by atoms with Crippen molar-refractivity contribution in [1.29, 1.82) is 0 Å². The maximum atomic E-state index is 12.3. The predicted octanol–water partition coefficient (Wildman–Crippen LogP) is 2.03. The van der Waals surface area contributed by atoms with E-state index >= 15 is 0 Å². The molecule has 1 aromatic heterocycles. The van der Waals surface area contributed by atoms with Crippen molar-refractivity contribution in [2.75, 3.05) is 5.32 Å². The topological polar surface area (TPSA) is 68.0 Å². The fourth-order valence-corrected chi connectivity index (χ4v) is 2.73. The molecule has 1 aliphatic rings. The molecule has 5 heteroatoms. The highest BCUT2D eigenvalue weighted by molar-refractivity contribution is 7.80. The molecule has 0 bridgehead atoms. The van der Waals surface area contributed by atoms with Gasteiger partial charge in [-0.25, -0.2) is 4.98 Å². The Morgan fingerprint density at radius 2 is 2.28 bits per heavy atom. The molecule has 0 aliphatic heterocycles. The first-order valence-corrected chi connectivity index (χ1v) is 6.39. The summed E-state index contributed by atoms with van der Waals surface area (Å²) in [5.74, 6) is 0.939. The van der Waals surface area contributed by atoms with Crippen molar-refractivity contribution >= 4 is 28.9 Å². The number of anilines is 1. The molecule has 1 heterocycles. The second-order valence-electron chi connectivity index (χ2n) is 5.08. The van der Waals surface area contributed by atoms with Crippen molar-refractivity contribution in [3.63, 3.8) is 0 Å². The summed E-state index contributed by atoms with van der Waals surface area (Å²) in [5, 5.41) is 2.84. The van der Waals surface area contributed by atoms with Gasteiger partial charge in [0.25, 0.3) is 0 Å². The summed E-state index contributed by atoms with van der Waals surface area (Å²) in [6, 6.07) is 3.74. The van der Waals surface area contributed by atoms with Crippen LogP contribution < -0.4 is 11.1 Å². The summed E-state index contributed by atoms with van der Waals surface area (Å²) in [6.07, 6.45) is 3.10. The molecule has 1 aliphatic carbocycles. The predicted molar refractivity (Wildman–Crippen MR) is 75.2 cm³/mol. The monoisotopic (exact) mass is 263 g/mol. The van der Waals surface area contributed by atoms with Crippen molar-refractivity contribution in [3.05, 3.63) is 23.9 Å². The first-order valence-electron chi connectivity index (χ1n) is 5.99. The number of pyridine rings is 1. The standard InChI is InChI=1S/C13H17N3OS/c1-8-6-13(7-8,11(14)18)12(17)16-10-9(2)4-3-5-15-10/h3-5,8H,6-7H2,1-2H3,(H2,14,18)(H,15,16,17). The van der Waals surface area contributed by atoms with Crippen molar-refractivity contribution in [3.8, 4) is 0 Å². The van der Waals surface area contributed by atoms with Gasteiger partial charge in [-0.05, 0) is 37.3 Å². The number of nitrogens with two attached hydrogens (primary N) is 1. The maximum Gasteiger partial charge on any atom is 0.238 e. The summed E-state index contributed by atoms with van der Waals surface area (Å²) < 4.78 is 0. The molecule has 0 spiro atoms. The van der Waals surface area contributed by atoms with Crippen LogP contribution >= 0.6 is 12.2 Å². The highest BCUT2D eigenvalue weighted by Crippen LogP contribution is 2.46. The summed E-state index contributed by atoms with van der Waals surface area (Å²) >= 11 is 5.06. The third kappa shape index (κ3) is 2.10. The van der Waals surface area contributed by atoms with E-state index < -0.39 is 5.41 Å². The minimum atomic E-state index is -0.682. The van der Waals surface area contributed by atoms with Crippen LogP contribution in [-0.4, -0.2) is 15.9 Å². The lowest BCUT2D eigenvalue weighted by atomic mass is 9.62. The van der Waals surface area contributed by atoms with Gasteiger partial charge in [0, 0.05) is 6.20 Å². The molecule has 0 aromatic carbocycles. The van der Waals surface area contributed by atoms with E-state index in [1.165, 1.54) is 0 Å². The number of aromatic nitrogens is 1. The number of nitrogens with one attached hydrogen (secondary N) is 1. The molecule has 1 saturated carbocycles. The molecule has 1 amide bonds. The van der Waals surface area contributed by atoms with Gasteiger partial charge < -0.3 is 11.1 Å². The first kappa shape index (κ1) is 13.0. The molecular weight excluding hydrogens is 246 g/mol. The van der Waals surface area contributed by atoms with Crippen molar-refractivity contribution in [2.45, 2.75) is 26.7 Å². The largest absolute Gasteiger partial charge is 0.392 e. The second-order valence-corrected chi connectivity index (χ2v) is 5.52. The third-order valence-corrected chi connectivity index (χ3v) is 3.93. The number of rotatable bonds is 3. The zero-order chi connectivity index (χ0) is 13.3. The van der Waals surface area contributed by atoms with Gasteiger partial charge in [0.05, 0.1) is 10.4 Å². The van der Waals surface area contributed by atoms with Crippen LogP contribution in [0.3, 0.4) is 0 Å². The highest BCUT2D eigenvalue weighted by Gasteiger charge is 2.51. The van der Waals surface area contributed by atoms with E-state index in [0.717, 1.165) is 18.4 Å². The van der Waals surface area contributed by atoms with Gasteiger partial charge in [-0.15, -0.1) is 0 Å². The Morgan fingerprint density at radius 1 is 1.61 bits per heavy atom. The third-order valence-electron chi connectivity index (χ3n) is 3.54. The van der Waals surface area contributed by atoms with Crippen molar-refractivity contribution in [2.24, 2.45) is 17.1 Å². The SMILES string of the molecule is Cc1cccnc1NC(=O)C1(C(N)=S)CC(C)C1. The summed E-state index contributed by atoms with van der Waals surface area (Å²) in [5.41, 5.74) is 5.98. The molecule has 0 atom stereocenters. The van der Waals surface area contributed by atoms with E-state index in [4.69, 9.17) is 18.0 Å². The van der Waals surface area contributed by atoms with Gasteiger partial charge >= 0.3 is 0 Å². The number of hydrogen-bond acceptors (Lipinski definition) is 3. The van der Waals surface area contributed by atoms with Crippen LogP contribution in [0, 0.1) is 18.3 Å². The first-order chi connectivity index (χ1) is 8.45. The Labute approximate surface area is 112 Å². The van der Waals surface area contributed by atoms with Gasteiger partial charge in [0.15, 0.2) is 0 Å². The van der Waals surface area contributed by atoms with Crippen LogP contribution in [0.4, 0.5) is 5.82 Å². The molecule has 96 valence electrons. The molecular formula is C13H17N3OS. The molecule has 2 rings (SSSR count). The van der Waals surface area contributed by atoms with E-state index in [-0.39, 0.29) is 10.9 Å². The van der Waals surface area contributed by atoms with Gasteiger partial charge in [0.2, 0.25) is 5.91 Å². The average Bonchev–Trinajstić information content (AvgIpc) is 2.27. The summed E-state index contributed by atoms with van der Waals surface area (Å²) in [6.45, 7) is 4.00. The fourth-order valence-electron chi connectivity index (χ4n) is 2.47. The zero-order valence-corrected chi connectivity index (χ0v) is 11.4. The van der Waals surface area contributed by atoms with Crippen LogP contribution in [0.5, 0.6) is 0 Å². The number of carbonyl (C=O) groups excluding carboxylic acids is 1. The Kier molecular flexibility index (Phi) is 3.34. The number of nitrogens with zero attached hydrogens (tertiary/aromatic N) is 1. The highest BCUT2D eigenvalue weighted by atomic mass is 32.1. The molecule has 0 radical (unpaired) electrons.